The van der Waals surface area contributed by atoms with Gasteiger partial charge in [0.2, 0.25) is 5.91 Å². The molecule has 0 radical (unpaired) electrons. The number of rotatable bonds is 11. The number of methoxy groups -OCH3 is 1. The minimum absolute atomic E-state index is 0.00430. The summed E-state index contributed by atoms with van der Waals surface area (Å²) in [5, 5.41) is 3.90. The molecule has 1 aromatic heterocycles. The fraction of sp³-hybridized carbons (Fsp3) is 0.577. The predicted octanol–water partition coefficient (Wildman–Crippen LogP) is 3.80. The first-order valence-corrected chi connectivity index (χ1v) is 14.5. The molecule has 0 unspecified atom stereocenters. The summed E-state index contributed by atoms with van der Waals surface area (Å²) in [5.41, 5.74) is 1.51. The van der Waals surface area contributed by atoms with Gasteiger partial charge < -0.3 is 28.9 Å². The summed E-state index contributed by atoms with van der Waals surface area (Å²) >= 11 is 13.7. The number of anilines is 1. The number of likely N-dealkylation sites (tertiary alicyclic amines) is 1. The average molecular weight is 586 g/mol. The first-order chi connectivity index (χ1) is 18.5. The number of carbonyl (C=O) groups excluding carboxylic acids is 2. The first kappa shape index (κ1) is 29.0. The molecule has 38 heavy (non-hydrogen) atoms. The molecule has 0 spiro atoms. The minimum Gasteiger partial charge on any atom is -0.382 e. The highest BCUT2D eigenvalue weighted by Crippen LogP contribution is 2.31. The summed E-state index contributed by atoms with van der Waals surface area (Å²) in [6, 6.07) is 5.61. The van der Waals surface area contributed by atoms with Crippen molar-refractivity contribution in [2.75, 3.05) is 84.3 Å². The van der Waals surface area contributed by atoms with Crippen molar-refractivity contribution in [1.82, 2.24) is 14.8 Å². The van der Waals surface area contributed by atoms with Gasteiger partial charge in [-0.15, -0.1) is 11.3 Å². The number of piperidine rings is 1. The van der Waals surface area contributed by atoms with Gasteiger partial charge in [0.15, 0.2) is 0 Å². The molecule has 208 valence electrons. The molecule has 2 fully saturated rings. The quantitative estimate of drug-likeness (QED) is 0.371. The summed E-state index contributed by atoms with van der Waals surface area (Å²) in [6.45, 7) is 5.95. The Bertz CT molecular complexity index is 1070. The number of aromatic nitrogens is 1. The second-order valence-electron chi connectivity index (χ2n) is 9.26. The Hall–Kier alpha value is -1.95. The van der Waals surface area contributed by atoms with Crippen molar-refractivity contribution in [2.24, 2.45) is 0 Å². The molecule has 3 heterocycles. The Kier molecular flexibility index (Phi) is 11.0. The van der Waals surface area contributed by atoms with Gasteiger partial charge in [0.1, 0.15) is 12.3 Å². The van der Waals surface area contributed by atoms with Gasteiger partial charge in [-0.05, 0) is 31.0 Å². The largest absolute Gasteiger partial charge is 0.382 e. The highest BCUT2D eigenvalue weighted by molar-refractivity contribution is 7.09. The van der Waals surface area contributed by atoms with E-state index in [-0.39, 0.29) is 24.3 Å². The topological polar surface area (TPSA) is 84.4 Å². The fourth-order valence-electron chi connectivity index (χ4n) is 4.57. The van der Waals surface area contributed by atoms with Gasteiger partial charge in [-0.2, -0.15) is 0 Å². The Morgan fingerprint density at radius 1 is 0.947 bits per heavy atom. The molecule has 2 amide bonds. The summed E-state index contributed by atoms with van der Waals surface area (Å²) in [4.78, 5) is 36.2. The van der Waals surface area contributed by atoms with Gasteiger partial charge in [-0.3, -0.25) is 9.59 Å². The molecule has 2 aliphatic heterocycles. The third kappa shape index (κ3) is 7.80. The molecule has 2 aliphatic rings. The lowest BCUT2D eigenvalue weighted by atomic mass is 9.97. The Labute approximate surface area is 237 Å². The molecule has 12 heteroatoms. The molecule has 2 saturated heterocycles. The van der Waals surface area contributed by atoms with Crippen LogP contribution in [0.4, 0.5) is 5.69 Å². The average Bonchev–Trinajstić information content (AvgIpc) is 3.44. The number of hydrogen-bond acceptors (Lipinski definition) is 8. The number of halogens is 2. The van der Waals surface area contributed by atoms with Gasteiger partial charge in [-0.1, -0.05) is 23.2 Å². The summed E-state index contributed by atoms with van der Waals surface area (Å²) in [5.74, 6) is 0.222. The molecular formula is C26H34Cl2N4O5S. The van der Waals surface area contributed by atoms with E-state index in [1.165, 1.54) is 11.3 Å². The van der Waals surface area contributed by atoms with Crippen molar-refractivity contribution in [3.8, 4) is 0 Å². The van der Waals surface area contributed by atoms with Crippen molar-refractivity contribution in [3.05, 3.63) is 44.3 Å². The molecular weight excluding hydrogens is 551 g/mol. The van der Waals surface area contributed by atoms with Crippen LogP contribution in [0.3, 0.4) is 0 Å². The zero-order chi connectivity index (χ0) is 26.9. The van der Waals surface area contributed by atoms with Crippen LogP contribution in [0, 0.1) is 0 Å². The van der Waals surface area contributed by atoms with Crippen molar-refractivity contribution in [1.29, 1.82) is 0 Å². The van der Waals surface area contributed by atoms with E-state index in [1.807, 2.05) is 27.3 Å². The highest BCUT2D eigenvalue weighted by Gasteiger charge is 2.28. The van der Waals surface area contributed by atoms with E-state index < -0.39 is 0 Å². The maximum absolute atomic E-state index is 13.1. The lowest BCUT2D eigenvalue weighted by molar-refractivity contribution is -0.137. The monoisotopic (exact) mass is 584 g/mol. The van der Waals surface area contributed by atoms with E-state index in [9.17, 15) is 9.59 Å². The molecule has 4 rings (SSSR count). The van der Waals surface area contributed by atoms with Gasteiger partial charge >= 0.3 is 0 Å². The van der Waals surface area contributed by atoms with Crippen LogP contribution >= 0.6 is 34.5 Å². The molecule has 0 saturated carbocycles. The number of piperazine rings is 1. The van der Waals surface area contributed by atoms with Crippen molar-refractivity contribution in [2.45, 2.75) is 18.8 Å². The standard InChI is InChI=1S/C26H34Cl2N4O5S/c1-35-12-13-36-14-15-37-17-24(33)31-6-4-19(5-7-31)25-29-23(18-38-25)26(34)32-10-8-30(9-11-32)20-2-3-21(27)22(28)16-20/h2-3,16,18-19H,4-15,17H2,1H3. The van der Waals surface area contributed by atoms with Crippen LogP contribution in [-0.4, -0.2) is 106 Å². The van der Waals surface area contributed by atoms with Crippen LogP contribution in [0.5, 0.6) is 0 Å². The minimum atomic E-state index is -0.0303. The Morgan fingerprint density at radius 3 is 2.37 bits per heavy atom. The second kappa shape index (κ2) is 14.4. The molecule has 0 aliphatic carbocycles. The molecule has 9 nitrogen and oxygen atoms in total. The maximum atomic E-state index is 13.1. The zero-order valence-electron chi connectivity index (χ0n) is 21.6. The van der Waals surface area contributed by atoms with Crippen molar-refractivity contribution in [3.63, 3.8) is 0 Å². The normalized spacial score (nSPS) is 16.8. The zero-order valence-corrected chi connectivity index (χ0v) is 23.9. The number of carbonyl (C=O) groups is 2. The number of ether oxygens (including phenoxy) is 3. The van der Waals surface area contributed by atoms with Crippen LogP contribution in [0.25, 0.3) is 0 Å². The number of amides is 2. The number of thiazole rings is 1. The number of benzene rings is 1. The van der Waals surface area contributed by atoms with Gasteiger partial charge in [0.25, 0.3) is 5.91 Å². The van der Waals surface area contributed by atoms with E-state index in [4.69, 9.17) is 42.4 Å². The lowest BCUT2D eigenvalue weighted by Crippen LogP contribution is -2.48. The molecule has 0 atom stereocenters. The van der Waals surface area contributed by atoms with Crippen molar-refractivity contribution < 1.29 is 23.8 Å². The van der Waals surface area contributed by atoms with Crippen molar-refractivity contribution >= 4 is 52.0 Å². The van der Waals surface area contributed by atoms with Gasteiger partial charge in [0, 0.05) is 63.4 Å². The third-order valence-electron chi connectivity index (χ3n) is 6.80. The van der Waals surface area contributed by atoms with Crippen LogP contribution in [0.1, 0.15) is 34.3 Å². The predicted molar refractivity (Wildman–Crippen MR) is 149 cm³/mol. The highest BCUT2D eigenvalue weighted by atomic mass is 35.5. The third-order valence-corrected chi connectivity index (χ3v) is 8.55. The van der Waals surface area contributed by atoms with Crippen LogP contribution < -0.4 is 4.90 Å². The molecule has 0 N–H and O–H groups in total. The molecule has 2 aromatic rings. The SMILES string of the molecule is COCCOCCOCC(=O)N1CCC(c2nc(C(=O)N3CCN(c4ccc(Cl)c(Cl)c4)CC3)cs2)CC1. The maximum Gasteiger partial charge on any atom is 0.273 e. The van der Waals surface area contributed by atoms with E-state index >= 15 is 0 Å². The van der Waals surface area contributed by atoms with E-state index in [1.54, 1.807) is 13.2 Å². The summed E-state index contributed by atoms with van der Waals surface area (Å²) in [6.07, 6.45) is 1.66. The van der Waals surface area contributed by atoms with Gasteiger partial charge in [-0.25, -0.2) is 4.98 Å². The fourth-order valence-corrected chi connectivity index (χ4v) is 5.83. The smallest absolute Gasteiger partial charge is 0.273 e. The number of nitrogens with zero attached hydrogens (tertiary/aromatic N) is 4. The van der Waals surface area contributed by atoms with Gasteiger partial charge in [0.05, 0.1) is 41.5 Å². The molecule has 1 aromatic carbocycles. The summed E-state index contributed by atoms with van der Waals surface area (Å²) < 4.78 is 15.7. The molecule has 0 bridgehead atoms. The van der Waals surface area contributed by atoms with Crippen LogP contribution in [-0.2, 0) is 19.0 Å². The first-order valence-electron chi connectivity index (χ1n) is 12.8. The summed E-state index contributed by atoms with van der Waals surface area (Å²) in [7, 11) is 1.62. The van der Waals surface area contributed by atoms with E-state index in [0.717, 1.165) is 36.6 Å². The second-order valence-corrected chi connectivity index (χ2v) is 11.0. The number of hydrogen-bond donors (Lipinski definition) is 0. The Balaban J connectivity index is 1.18. The van der Waals surface area contributed by atoms with E-state index in [2.05, 4.69) is 4.90 Å². The lowest BCUT2D eigenvalue weighted by Gasteiger charge is -2.36. The van der Waals surface area contributed by atoms with Crippen LogP contribution in [0.2, 0.25) is 10.0 Å². The Morgan fingerprint density at radius 2 is 1.66 bits per heavy atom. The van der Waals surface area contributed by atoms with E-state index in [0.29, 0.717) is 68.3 Å². The van der Waals surface area contributed by atoms with Crippen LogP contribution in [0.15, 0.2) is 23.6 Å².